The topological polar surface area (TPSA) is 61.4 Å². The summed E-state index contributed by atoms with van der Waals surface area (Å²) < 4.78 is 13.8. The normalized spacial score (nSPS) is 16.3. The van der Waals surface area contributed by atoms with Crippen LogP contribution in [0.25, 0.3) is 0 Å². The maximum Gasteiger partial charge on any atom is 0.318 e. The predicted octanol–water partition coefficient (Wildman–Crippen LogP) is 2.27. The van der Waals surface area contributed by atoms with Gasteiger partial charge in [0, 0.05) is 44.0 Å². The molecule has 2 aromatic heterocycles. The second kappa shape index (κ2) is 6.91. The summed E-state index contributed by atoms with van der Waals surface area (Å²) in [6.07, 6.45) is 3.30. The van der Waals surface area contributed by atoms with Gasteiger partial charge in [0.25, 0.3) is 0 Å². The van der Waals surface area contributed by atoms with Gasteiger partial charge in [-0.3, -0.25) is 0 Å². The van der Waals surface area contributed by atoms with Crippen LogP contribution in [0.1, 0.15) is 18.0 Å². The third-order valence-electron chi connectivity index (χ3n) is 3.77. The molecule has 6 nitrogen and oxygen atoms in total. The lowest BCUT2D eigenvalue weighted by Crippen LogP contribution is -2.52. The summed E-state index contributed by atoms with van der Waals surface area (Å²) in [7, 11) is 0. The van der Waals surface area contributed by atoms with Crippen molar-refractivity contribution in [3.63, 3.8) is 0 Å². The van der Waals surface area contributed by atoms with Gasteiger partial charge in [0.1, 0.15) is 5.01 Å². The molecule has 23 heavy (non-hydrogen) atoms. The first kappa shape index (κ1) is 15.7. The van der Waals surface area contributed by atoms with E-state index in [0.717, 1.165) is 5.01 Å². The van der Waals surface area contributed by atoms with E-state index in [4.69, 9.17) is 0 Å². The lowest BCUT2D eigenvalue weighted by molar-refractivity contribution is 0.191. The van der Waals surface area contributed by atoms with E-state index in [1.165, 1.54) is 17.4 Å². The molecule has 1 aliphatic rings. The molecule has 1 atom stereocenters. The van der Waals surface area contributed by atoms with Crippen LogP contribution in [0.2, 0.25) is 0 Å². The van der Waals surface area contributed by atoms with Crippen LogP contribution in [-0.4, -0.2) is 47.1 Å². The standard InChI is InChI=1S/C15H18FN5OS/c1-11(14-18-5-10-23-14)19-15(22)21-8-6-20(7-9-21)13-12(16)3-2-4-17-13/h2-5,10-11H,6-9H2,1H3,(H,19,22)/t11-/m1/s1. The summed E-state index contributed by atoms with van der Waals surface area (Å²) in [5.41, 5.74) is 0. The molecule has 0 aliphatic carbocycles. The quantitative estimate of drug-likeness (QED) is 0.935. The summed E-state index contributed by atoms with van der Waals surface area (Å²) in [6, 6.07) is 2.74. The van der Waals surface area contributed by atoms with Crippen LogP contribution in [0.15, 0.2) is 29.9 Å². The van der Waals surface area contributed by atoms with Crippen molar-refractivity contribution in [1.82, 2.24) is 20.2 Å². The summed E-state index contributed by atoms with van der Waals surface area (Å²) >= 11 is 1.52. The molecule has 1 N–H and O–H groups in total. The van der Waals surface area contributed by atoms with E-state index < -0.39 is 0 Å². The number of urea groups is 1. The number of halogens is 1. The van der Waals surface area contributed by atoms with Crippen LogP contribution < -0.4 is 10.2 Å². The molecule has 0 unspecified atom stereocenters. The molecule has 1 fully saturated rings. The van der Waals surface area contributed by atoms with Gasteiger partial charge in [0.05, 0.1) is 6.04 Å². The van der Waals surface area contributed by atoms with Gasteiger partial charge >= 0.3 is 6.03 Å². The van der Waals surface area contributed by atoms with Gasteiger partial charge in [-0.1, -0.05) is 0 Å². The lowest BCUT2D eigenvalue weighted by Gasteiger charge is -2.35. The Balaban J connectivity index is 1.54. The van der Waals surface area contributed by atoms with Crippen LogP contribution in [0.3, 0.4) is 0 Å². The number of anilines is 1. The molecule has 0 spiro atoms. The first-order valence-corrected chi connectivity index (χ1v) is 8.33. The monoisotopic (exact) mass is 335 g/mol. The van der Waals surface area contributed by atoms with Crippen molar-refractivity contribution in [1.29, 1.82) is 0 Å². The second-order valence-electron chi connectivity index (χ2n) is 5.32. The summed E-state index contributed by atoms with van der Waals surface area (Å²) in [6.45, 7) is 4.11. The van der Waals surface area contributed by atoms with Gasteiger partial charge in [-0.25, -0.2) is 19.2 Å². The Bertz CT molecular complexity index is 658. The van der Waals surface area contributed by atoms with E-state index in [9.17, 15) is 9.18 Å². The molecule has 3 rings (SSSR count). The number of thiazole rings is 1. The molecule has 1 saturated heterocycles. The van der Waals surface area contributed by atoms with Gasteiger partial charge in [0.2, 0.25) is 0 Å². The van der Waals surface area contributed by atoms with E-state index in [1.807, 2.05) is 17.2 Å². The molecule has 122 valence electrons. The third-order valence-corrected chi connectivity index (χ3v) is 4.73. The minimum absolute atomic E-state index is 0.117. The zero-order valence-corrected chi connectivity index (χ0v) is 13.6. The van der Waals surface area contributed by atoms with Crippen LogP contribution in [0.4, 0.5) is 15.0 Å². The maximum atomic E-state index is 13.8. The summed E-state index contributed by atoms with van der Waals surface area (Å²) in [5, 5.41) is 5.71. The van der Waals surface area contributed by atoms with Gasteiger partial charge in [-0.05, 0) is 19.1 Å². The van der Waals surface area contributed by atoms with Crippen molar-refractivity contribution in [3.8, 4) is 0 Å². The molecule has 8 heteroatoms. The average Bonchev–Trinajstić information content (AvgIpc) is 3.10. The molecule has 2 aromatic rings. The van der Waals surface area contributed by atoms with E-state index in [1.54, 1.807) is 23.4 Å². The molecular formula is C15H18FN5OS. The Hall–Kier alpha value is -2.22. The summed E-state index contributed by atoms with van der Waals surface area (Å²) in [4.78, 5) is 24.2. The Morgan fingerprint density at radius 2 is 2.09 bits per heavy atom. The Morgan fingerprint density at radius 1 is 1.30 bits per heavy atom. The van der Waals surface area contributed by atoms with Crippen molar-refractivity contribution < 1.29 is 9.18 Å². The average molecular weight is 335 g/mol. The van der Waals surface area contributed by atoms with Gasteiger partial charge < -0.3 is 15.1 Å². The van der Waals surface area contributed by atoms with Crippen LogP contribution >= 0.6 is 11.3 Å². The molecule has 2 amide bonds. The van der Waals surface area contributed by atoms with Crippen molar-refractivity contribution in [2.45, 2.75) is 13.0 Å². The molecular weight excluding hydrogens is 317 g/mol. The molecule has 1 aliphatic heterocycles. The number of piperazine rings is 1. The minimum atomic E-state index is -0.331. The fourth-order valence-electron chi connectivity index (χ4n) is 2.52. The lowest BCUT2D eigenvalue weighted by atomic mass is 10.3. The van der Waals surface area contributed by atoms with E-state index in [0.29, 0.717) is 32.0 Å². The Morgan fingerprint density at radius 3 is 2.74 bits per heavy atom. The zero-order valence-electron chi connectivity index (χ0n) is 12.8. The molecule has 3 heterocycles. The molecule has 0 aromatic carbocycles. The SMILES string of the molecule is C[C@@H](NC(=O)N1CCN(c2ncccc2F)CC1)c1nccs1. The number of hydrogen-bond donors (Lipinski definition) is 1. The number of pyridine rings is 1. The van der Waals surface area contributed by atoms with Crippen LogP contribution in [0, 0.1) is 5.82 Å². The van der Waals surface area contributed by atoms with E-state index in [2.05, 4.69) is 15.3 Å². The highest BCUT2D eigenvalue weighted by Gasteiger charge is 2.24. The first-order valence-electron chi connectivity index (χ1n) is 7.45. The fourth-order valence-corrected chi connectivity index (χ4v) is 3.16. The van der Waals surface area contributed by atoms with Crippen LogP contribution in [0.5, 0.6) is 0 Å². The van der Waals surface area contributed by atoms with Gasteiger partial charge in [0.15, 0.2) is 11.6 Å². The smallest absolute Gasteiger partial charge is 0.318 e. The number of rotatable bonds is 3. The van der Waals surface area contributed by atoms with E-state index >= 15 is 0 Å². The number of carbonyl (C=O) groups is 1. The largest absolute Gasteiger partial charge is 0.351 e. The van der Waals surface area contributed by atoms with Crippen molar-refractivity contribution in [2.24, 2.45) is 0 Å². The highest BCUT2D eigenvalue weighted by atomic mass is 32.1. The van der Waals surface area contributed by atoms with Crippen molar-refractivity contribution >= 4 is 23.2 Å². The number of nitrogens with zero attached hydrogens (tertiary/aromatic N) is 4. The minimum Gasteiger partial charge on any atom is -0.351 e. The highest BCUT2D eigenvalue weighted by Crippen LogP contribution is 2.18. The number of nitrogens with one attached hydrogen (secondary N) is 1. The molecule has 0 bridgehead atoms. The Labute approximate surface area is 138 Å². The number of amides is 2. The molecule has 0 saturated carbocycles. The van der Waals surface area contributed by atoms with E-state index in [-0.39, 0.29) is 17.9 Å². The number of aromatic nitrogens is 2. The number of hydrogen-bond acceptors (Lipinski definition) is 5. The highest BCUT2D eigenvalue weighted by molar-refractivity contribution is 7.09. The fraction of sp³-hybridized carbons (Fsp3) is 0.400. The molecule has 0 radical (unpaired) electrons. The first-order chi connectivity index (χ1) is 11.1. The second-order valence-corrected chi connectivity index (χ2v) is 6.25. The van der Waals surface area contributed by atoms with Crippen molar-refractivity contribution in [2.75, 3.05) is 31.1 Å². The van der Waals surface area contributed by atoms with Crippen LogP contribution in [-0.2, 0) is 0 Å². The zero-order chi connectivity index (χ0) is 16.2. The maximum absolute atomic E-state index is 13.8. The summed E-state index contributed by atoms with van der Waals surface area (Å²) in [5.74, 6) is 0.0199. The van der Waals surface area contributed by atoms with Crippen molar-refractivity contribution in [3.05, 3.63) is 40.7 Å². The third kappa shape index (κ3) is 3.58. The van der Waals surface area contributed by atoms with Gasteiger partial charge in [-0.2, -0.15) is 0 Å². The predicted molar refractivity (Wildman–Crippen MR) is 87.0 cm³/mol. The van der Waals surface area contributed by atoms with Gasteiger partial charge in [-0.15, -0.1) is 11.3 Å². The number of carbonyl (C=O) groups excluding carboxylic acids is 1. The Kier molecular flexibility index (Phi) is 4.71.